The number of piperidine rings is 1. The van der Waals surface area contributed by atoms with Crippen LogP contribution < -0.4 is 5.32 Å². The summed E-state index contributed by atoms with van der Waals surface area (Å²) in [6, 6.07) is 12.8. The number of carbonyl (C=O) groups excluding carboxylic acids is 2. The van der Waals surface area contributed by atoms with Crippen LogP contribution in [0.3, 0.4) is 0 Å². The molecule has 2 bridgehead atoms. The maximum absolute atomic E-state index is 13.2. The summed E-state index contributed by atoms with van der Waals surface area (Å²) < 4.78 is 39.5. The first-order chi connectivity index (χ1) is 15.8. The van der Waals surface area contributed by atoms with Crippen molar-refractivity contribution in [2.24, 2.45) is 0 Å². The van der Waals surface area contributed by atoms with E-state index in [1.165, 1.54) is 0 Å². The third-order valence-electron chi connectivity index (χ3n) is 6.64. The minimum absolute atomic E-state index is 0.133. The summed E-state index contributed by atoms with van der Waals surface area (Å²) in [5.74, 6) is -1.85. The van der Waals surface area contributed by atoms with Crippen molar-refractivity contribution >= 4 is 29.1 Å². The van der Waals surface area contributed by atoms with Gasteiger partial charge in [0, 0.05) is 34.0 Å². The van der Waals surface area contributed by atoms with Crippen molar-refractivity contribution < 1.29 is 22.8 Å². The molecule has 0 aliphatic carbocycles. The number of hydrogen-bond acceptors (Lipinski definition) is 3. The van der Waals surface area contributed by atoms with Crippen LogP contribution in [0, 0.1) is 0 Å². The summed E-state index contributed by atoms with van der Waals surface area (Å²) in [6.45, 7) is 2.41. The Morgan fingerprint density at radius 1 is 1.03 bits per heavy atom. The molecule has 8 heteroatoms. The second kappa shape index (κ2) is 8.24. The first-order valence-corrected chi connectivity index (χ1v) is 11.9. The number of alkyl halides is 3. The van der Waals surface area contributed by atoms with Gasteiger partial charge in [0.15, 0.2) is 0 Å². The second-order valence-corrected chi connectivity index (χ2v) is 9.73. The van der Waals surface area contributed by atoms with E-state index in [-0.39, 0.29) is 5.91 Å². The lowest BCUT2D eigenvalue weighted by Gasteiger charge is -2.38. The molecule has 2 atom stereocenters. The molecule has 2 aromatic carbocycles. The molecule has 2 fully saturated rings. The fourth-order valence-corrected chi connectivity index (χ4v) is 6.45. The fraction of sp³-hybridized carbons (Fsp3) is 0.360. The zero-order chi connectivity index (χ0) is 23.3. The van der Waals surface area contributed by atoms with E-state index in [0.29, 0.717) is 37.8 Å². The average Bonchev–Trinajstić information content (AvgIpc) is 3.04. The summed E-state index contributed by atoms with van der Waals surface area (Å²) >= 11 is 1.60. The number of fused-ring (bicyclic) bond motifs is 4. The van der Waals surface area contributed by atoms with Gasteiger partial charge in [0.05, 0.1) is 0 Å². The van der Waals surface area contributed by atoms with Gasteiger partial charge in [0.25, 0.3) is 5.91 Å². The average molecular weight is 473 g/mol. The molecule has 3 aliphatic heterocycles. The van der Waals surface area contributed by atoms with Crippen LogP contribution >= 0.6 is 11.8 Å². The Balaban J connectivity index is 1.58. The van der Waals surface area contributed by atoms with Gasteiger partial charge in [-0.1, -0.05) is 41.6 Å². The quantitative estimate of drug-likeness (QED) is 0.542. The lowest BCUT2D eigenvalue weighted by Crippen LogP contribution is -2.50. The van der Waals surface area contributed by atoms with Crippen LogP contribution in [0.1, 0.15) is 54.1 Å². The Kier molecular flexibility index (Phi) is 5.51. The molecule has 2 amide bonds. The lowest BCUT2D eigenvalue weighted by atomic mass is 9.85. The number of halogens is 3. The smallest absolute Gasteiger partial charge is 0.352 e. The van der Waals surface area contributed by atoms with Gasteiger partial charge in [0.1, 0.15) is 0 Å². The van der Waals surface area contributed by atoms with Crippen molar-refractivity contribution in [3.63, 3.8) is 0 Å². The molecule has 4 nitrogen and oxygen atoms in total. The van der Waals surface area contributed by atoms with Crippen LogP contribution in [0.4, 0.5) is 13.2 Å². The number of nitrogens with one attached hydrogen (secondary N) is 1. The Hall–Kier alpha value is -2.74. The van der Waals surface area contributed by atoms with Crippen LogP contribution in [0.25, 0.3) is 5.57 Å². The molecule has 33 heavy (non-hydrogen) atoms. The highest BCUT2D eigenvalue weighted by molar-refractivity contribution is 7.99. The van der Waals surface area contributed by atoms with Gasteiger partial charge in [-0.05, 0) is 67.5 Å². The molecule has 172 valence electrons. The van der Waals surface area contributed by atoms with Gasteiger partial charge >= 0.3 is 12.1 Å². The second-order valence-electron chi connectivity index (χ2n) is 8.65. The fourth-order valence-electron chi connectivity index (χ4n) is 5.32. The molecule has 3 heterocycles. The van der Waals surface area contributed by atoms with E-state index in [9.17, 15) is 22.8 Å². The van der Waals surface area contributed by atoms with Crippen molar-refractivity contribution in [3.05, 3.63) is 64.7 Å². The van der Waals surface area contributed by atoms with Crippen LogP contribution in [-0.4, -0.2) is 41.5 Å². The highest BCUT2D eigenvalue weighted by Gasteiger charge is 2.51. The topological polar surface area (TPSA) is 49.4 Å². The minimum atomic E-state index is -4.85. The normalized spacial score (nSPS) is 21.5. The van der Waals surface area contributed by atoms with Crippen molar-refractivity contribution in [1.29, 1.82) is 0 Å². The Morgan fingerprint density at radius 3 is 2.36 bits per heavy atom. The Bertz CT molecular complexity index is 1160. The van der Waals surface area contributed by atoms with Gasteiger partial charge < -0.3 is 10.2 Å². The molecule has 0 spiro atoms. The molecule has 2 saturated heterocycles. The predicted molar refractivity (Wildman–Crippen MR) is 120 cm³/mol. The molecule has 5 rings (SSSR count). The summed E-state index contributed by atoms with van der Waals surface area (Å²) in [6.07, 6.45) is -2.80. The summed E-state index contributed by atoms with van der Waals surface area (Å²) in [5, 5.41) is 2.82. The van der Waals surface area contributed by atoms with Gasteiger partial charge in [0.2, 0.25) is 0 Å². The summed E-state index contributed by atoms with van der Waals surface area (Å²) in [5.41, 5.74) is 4.77. The van der Waals surface area contributed by atoms with Crippen LogP contribution in [-0.2, 0) is 4.79 Å². The van der Waals surface area contributed by atoms with Crippen molar-refractivity contribution in [3.8, 4) is 0 Å². The molecular weight excluding hydrogens is 449 g/mol. The maximum Gasteiger partial charge on any atom is 0.471 e. The molecule has 0 aromatic heterocycles. The number of rotatable bonds is 2. The highest BCUT2D eigenvalue weighted by atomic mass is 32.2. The van der Waals surface area contributed by atoms with E-state index in [1.807, 2.05) is 43.3 Å². The standard InChI is InChI=1S/C25H23F3N2O2S/c1-2-29-23(31)14-7-10-19-21(13-14)33-20-6-4-3-5-18(20)22(19)15-11-16-8-9-17(12-15)30(16)24(32)25(26,27)28/h3-7,10,13,16-17H,2,8-9,11-12H2,1H3,(H,29,31). The van der Waals surface area contributed by atoms with Crippen LogP contribution in [0.15, 0.2) is 57.8 Å². The summed E-state index contributed by atoms with van der Waals surface area (Å²) in [4.78, 5) is 27.5. The van der Waals surface area contributed by atoms with Gasteiger partial charge in [-0.2, -0.15) is 13.2 Å². The number of hydrogen-bond donors (Lipinski definition) is 1. The third kappa shape index (κ3) is 3.84. The molecule has 0 radical (unpaired) electrons. The molecule has 3 aliphatic rings. The predicted octanol–water partition coefficient (Wildman–Crippen LogP) is 5.42. The third-order valence-corrected chi connectivity index (χ3v) is 7.77. The van der Waals surface area contributed by atoms with Crippen LogP contribution in [0.2, 0.25) is 0 Å². The maximum atomic E-state index is 13.2. The highest BCUT2D eigenvalue weighted by Crippen LogP contribution is 2.50. The Labute approximate surface area is 194 Å². The van der Waals surface area contributed by atoms with Gasteiger partial charge in [-0.15, -0.1) is 0 Å². The van der Waals surface area contributed by atoms with E-state index in [2.05, 4.69) is 5.32 Å². The van der Waals surface area contributed by atoms with E-state index in [1.54, 1.807) is 17.8 Å². The monoisotopic (exact) mass is 472 g/mol. The Morgan fingerprint density at radius 2 is 1.70 bits per heavy atom. The zero-order valence-electron chi connectivity index (χ0n) is 18.0. The lowest BCUT2D eigenvalue weighted by molar-refractivity contribution is -0.189. The van der Waals surface area contributed by atoms with Crippen LogP contribution in [0.5, 0.6) is 0 Å². The zero-order valence-corrected chi connectivity index (χ0v) is 18.9. The number of nitrogens with zero attached hydrogens (tertiary/aromatic N) is 1. The van der Waals surface area contributed by atoms with Crippen molar-refractivity contribution in [1.82, 2.24) is 10.2 Å². The molecule has 0 saturated carbocycles. The van der Waals surface area contributed by atoms with Crippen molar-refractivity contribution in [2.75, 3.05) is 6.54 Å². The van der Waals surface area contributed by atoms with Crippen molar-refractivity contribution in [2.45, 2.75) is 60.7 Å². The van der Waals surface area contributed by atoms with E-state index in [0.717, 1.165) is 37.0 Å². The molecular formula is C25H23F3N2O2S. The minimum Gasteiger partial charge on any atom is -0.352 e. The molecule has 2 aromatic rings. The first-order valence-electron chi connectivity index (χ1n) is 11.1. The SMILES string of the molecule is CCNC(=O)c1ccc2c(c1)Sc1ccccc1C2=C1CC2CCC(C1)N2C(=O)C(F)(F)F. The van der Waals surface area contributed by atoms with Gasteiger partial charge in [-0.25, -0.2) is 0 Å². The summed E-state index contributed by atoms with van der Waals surface area (Å²) in [7, 11) is 0. The van der Waals surface area contributed by atoms with Gasteiger partial charge in [-0.3, -0.25) is 9.59 Å². The molecule has 2 unspecified atom stereocenters. The molecule has 1 N–H and O–H groups in total. The van der Waals surface area contributed by atoms with E-state index < -0.39 is 24.2 Å². The van der Waals surface area contributed by atoms with E-state index >= 15 is 0 Å². The largest absolute Gasteiger partial charge is 0.471 e. The van der Waals surface area contributed by atoms with E-state index in [4.69, 9.17) is 0 Å². The first kappa shape index (κ1) is 22.1. The number of benzene rings is 2. The number of amides is 2. The number of carbonyl (C=O) groups is 2.